The Kier molecular flexibility index (Phi) is 4.28. The third-order valence-corrected chi connectivity index (χ3v) is 2.67. The standard InChI is InChI=1S/C11H13NS/c1-2-3-4-8-13-11-7-5-6-10(12)9-11/h1,5-7,9H,3-4,8,12H2. The molecule has 0 saturated heterocycles. The van der Waals surface area contributed by atoms with Crippen LogP contribution in [0.2, 0.25) is 0 Å². The first kappa shape index (κ1) is 10.0. The number of hydrogen-bond donors (Lipinski definition) is 1. The molecule has 2 heteroatoms. The van der Waals surface area contributed by atoms with Crippen LogP contribution in [0.4, 0.5) is 5.69 Å². The smallest absolute Gasteiger partial charge is 0.0325 e. The first-order chi connectivity index (χ1) is 6.33. The van der Waals surface area contributed by atoms with Crippen molar-refractivity contribution in [3.05, 3.63) is 24.3 Å². The molecule has 0 atom stereocenters. The topological polar surface area (TPSA) is 26.0 Å². The van der Waals surface area contributed by atoms with Crippen LogP contribution >= 0.6 is 11.8 Å². The highest BCUT2D eigenvalue weighted by Crippen LogP contribution is 2.20. The Hall–Kier alpha value is -1.07. The summed E-state index contributed by atoms with van der Waals surface area (Å²) < 4.78 is 0. The molecule has 68 valence electrons. The fourth-order valence-corrected chi connectivity index (χ4v) is 1.89. The van der Waals surface area contributed by atoms with E-state index in [0.717, 1.165) is 24.3 Å². The van der Waals surface area contributed by atoms with Crippen LogP contribution < -0.4 is 5.73 Å². The monoisotopic (exact) mass is 191 g/mol. The van der Waals surface area contributed by atoms with Crippen molar-refractivity contribution in [2.24, 2.45) is 0 Å². The first-order valence-corrected chi connectivity index (χ1v) is 5.23. The van der Waals surface area contributed by atoms with Crippen LogP contribution in [-0.2, 0) is 0 Å². The van der Waals surface area contributed by atoms with Gasteiger partial charge in [-0.15, -0.1) is 24.1 Å². The Bertz CT molecular complexity index is 301. The number of terminal acetylenes is 1. The molecule has 0 bridgehead atoms. The van der Waals surface area contributed by atoms with E-state index in [4.69, 9.17) is 12.2 Å². The molecule has 0 heterocycles. The second kappa shape index (κ2) is 5.55. The van der Waals surface area contributed by atoms with E-state index in [-0.39, 0.29) is 0 Å². The van der Waals surface area contributed by atoms with Gasteiger partial charge in [-0.2, -0.15) is 0 Å². The number of benzene rings is 1. The van der Waals surface area contributed by atoms with E-state index in [9.17, 15) is 0 Å². The molecular formula is C11H13NS. The summed E-state index contributed by atoms with van der Waals surface area (Å²) in [5.74, 6) is 3.69. The zero-order valence-corrected chi connectivity index (χ0v) is 8.31. The molecule has 0 amide bonds. The van der Waals surface area contributed by atoms with Crippen LogP contribution in [0.25, 0.3) is 0 Å². The fourth-order valence-electron chi connectivity index (χ4n) is 0.969. The van der Waals surface area contributed by atoms with Crippen LogP contribution in [0.5, 0.6) is 0 Å². The summed E-state index contributed by atoms with van der Waals surface area (Å²) in [5.41, 5.74) is 6.46. The Labute approximate surface area is 83.7 Å². The summed E-state index contributed by atoms with van der Waals surface area (Å²) in [6.07, 6.45) is 7.07. The summed E-state index contributed by atoms with van der Waals surface area (Å²) in [6, 6.07) is 7.92. The third-order valence-electron chi connectivity index (χ3n) is 1.59. The summed E-state index contributed by atoms with van der Waals surface area (Å²) >= 11 is 1.80. The summed E-state index contributed by atoms with van der Waals surface area (Å²) in [4.78, 5) is 1.22. The predicted molar refractivity (Wildman–Crippen MR) is 59.6 cm³/mol. The Morgan fingerprint density at radius 2 is 2.31 bits per heavy atom. The predicted octanol–water partition coefficient (Wildman–Crippen LogP) is 2.77. The van der Waals surface area contributed by atoms with E-state index >= 15 is 0 Å². The molecule has 0 aliphatic heterocycles. The van der Waals surface area contributed by atoms with Gasteiger partial charge in [0, 0.05) is 17.0 Å². The minimum atomic E-state index is 0.821. The van der Waals surface area contributed by atoms with Gasteiger partial charge < -0.3 is 5.73 Å². The van der Waals surface area contributed by atoms with Crippen molar-refractivity contribution < 1.29 is 0 Å². The summed E-state index contributed by atoms with van der Waals surface area (Å²) in [5, 5.41) is 0. The van der Waals surface area contributed by atoms with E-state index in [1.165, 1.54) is 4.90 Å². The number of anilines is 1. The lowest BCUT2D eigenvalue weighted by molar-refractivity contribution is 0.997. The van der Waals surface area contributed by atoms with Crippen molar-refractivity contribution in [1.29, 1.82) is 0 Å². The zero-order chi connectivity index (χ0) is 9.52. The molecule has 0 aliphatic carbocycles. The highest BCUT2D eigenvalue weighted by Gasteiger charge is 1.93. The van der Waals surface area contributed by atoms with Gasteiger partial charge in [-0.3, -0.25) is 0 Å². The lowest BCUT2D eigenvalue weighted by atomic mass is 10.3. The number of thioether (sulfide) groups is 1. The first-order valence-electron chi connectivity index (χ1n) is 4.25. The SMILES string of the molecule is C#CCCCSc1cccc(N)c1. The van der Waals surface area contributed by atoms with E-state index in [1.807, 2.05) is 18.2 Å². The van der Waals surface area contributed by atoms with Crippen molar-refractivity contribution >= 4 is 17.4 Å². The van der Waals surface area contributed by atoms with Crippen molar-refractivity contribution in [2.75, 3.05) is 11.5 Å². The molecule has 0 spiro atoms. The minimum Gasteiger partial charge on any atom is -0.399 e. The van der Waals surface area contributed by atoms with E-state index in [1.54, 1.807) is 11.8 Å². The number of rotatable bonds is 4. The molecule has 1 aromatic rings. The average Bonchev–Trinajstić information content (AvgIpc) is 2.13. The Morgan fingerprint density at radius 3 is 3.00 bits per heavy atom. The molecule has 0 fully saturated rings. The van der Waals surface area contributed by atoms with Gasteiger partial charge in [-0.1, -0.05) is 6.07 Å². The Balaban J connectivity index is 2.33. The summed E-state index contributed by atoms with van der Waals surface area (Å²) in [7, 11) is 0. The normalized spacial score (nSPS) is 9.46. The highest BCUT2D eigenvalue weighted by molar-refractivity contribution is 7.99. The van der Waals surface area contributed by atoms with Crippen molar-refractivity contribution in [3.63, 3.8) is 0 Å². The quantitative estimate of drug-likeness (QED) is 0.343. The van der Waals surface area contributed by atoms with Crippen molar-refractivity contribution in [1.82, 2.24) is 0 Å². The second-order valence-corrected chi connectivity index (χ2v) is 3.90. The maximum Gasteiger partial charge on any atom is 0.0325 e. The molecule has 0 aromatic heterocycles. The van der Waals surface area contributed by atoms with E-state index in [0.29, 0.717) is 0 Å². The molecule has 1 rings (SSSR count). The molecular weight excluding hydrogens is 178 g/mol. The molecule has 0 aliphatic rings. The lowest BCUT2D eigenvalue weighted by Crippen LogP contribution is -1.84. The van der Waals surface area contributed by atoms with Crippen molar-refractivity contribution in [2.45, 2.75) is 17.7 Å². The number of hydrogen-bond acceptors (Lipinski definition) is 2. The van der Waals surface area contributed by atoms with Crippen LogP contribution in [-0.4, -0.2) is 5.75 Å². The third kappa shape index (κ3) is 3.91. The van der Waals surface area contributed by atoms with Gasteiger partial charge >= 0.3 is 0 Å². The van der Waals surface area contributed by atoms with Gasteiger partial charge in [0.15, 0.2) is 0 Å². The van der Waals surface area contributed by atoms with Crippen LogP contribution in [0, 0.1) is 12.3 Å². The fraction of sp³-hybridized carbons (Fsp3) is 0.273. The van der Waals surface area contributed by atoms with Gasteiger partial charge in [0.25, 0.3) is 0 Å². The number of nitrogens with two attached hydrogens (primary N) is 1. The summed E-state index contributed by atoms with van der Waals surface area (Å²) in [6.45, 7) is 0. The van der Waals surface area contributed by atoms with Gasteiger partial charge in [-0.25, -0.2) is 0 Å². The largest absolute Gasteiger partial charge is 0.399 e. The lowest BCUT2D eigenvalue weighted by Gasteiger charge is -2.00. The molecule has 0 saturated carbocycles. The van der Waals surface area contributed by atoms with Gasteiger partial charge in [-0.05, 0) is 30.4 Å². The van der Waals surface area contributed by atoms with E-state index in [2.05, 4.69) is 12.0 Å². The van der Waals surface area contributed by atoms with E-state index < -0.39 is 0 Å². The van der Waals surface area contributed by atoms with Gasteiger partial charge in [0.2, 0.25) is 0 Å². The highest BCUT2D eigenvalue weighted by atomic mass is 32.2. The second-order valence-electron chi connectivity index (χ2n) is 2.73. The molecule has 2 N–H and O–H groups in total. The van der Waals surface area contributed by atoms with Crippen LogP contribution in [0.15, 0.2) is 29.2 Å². The van der Waals surface area contributed by atoms with Gasteiger partial charge in [0.1, 0.15) is 0 Å². The number of unbranched alkanes of at least 4 members (excludes halogenated alkanes) is 1. The zero-order valence-electron chi connectivity index (χ0n) is 7.49. The van der Waals surface area contributed by atoms with Gasteiger partial charge in [0.05, 0.1) is 0 Å². The van der Waals surface area contributed by atoms with Crippen molar-refractivity contribution in [3.8, 4) is 12.3 Å². The minimum absolute atomic E-state index is 0.821. The molecule has 0 radical (unpaired) electrons. The molecule has 1 aromatic carbocycles. The molecule has 1 nitrogen and oxygen atoms in total. The Morgan fingerprint density at radius 1 is 1.46 bits per heavy atom. The molecule has 13 heavy (non-hydrogen) atoms. The number of nitrogen functional groups attached to an aromatic ring is 1. The van der Waals surface area contributed by atoms with Crippen LogP contribution in [0.3, 0.4) is 0 Å². The maximum atomic E-state index is 5.64. The average molecular weight is 191 g/mol. The van der Waals surface area contributed by atoms with Crippen LogP contribution in [0.1, 0.15) is 12.8 Å². The maximum absolute atomic E-state index is 5.64. The molecule has 0 unspecified atom stereocenters.